The number of ether oxygens (including phenoxy) is 2. The predicted octanol–water partition coefficient (Wildman–Crippen LogP) is 4.46. The third kappa shape index (κ3) is 5.85. The van der Waals surface area contributed by atoms with E-state index in [4.69, 9.17) is 9.47 Å². The summed E-state index contributed by atoms with van der Waals surface area (Å²) in [5.74, 6) is 0.604. The van der Waals surface area contributed by atoms with Crippen molar-refractivity contribution in [3.63, 3.8) is 0 Å². The van der Waals surface area contributed by atoms with Gasteiger partial charge in [0.25, 0.3) is 5.91 Å². The molecule has 4 rings (SSSR count). The van der Waals surface area contributed by atoms with Crippen molar-refractivity contribution < 1.29 is 14.3 Å². The highest BCUT2D eigenvalue weighted by Gasteiger charge is 2.26. The van der Waals surface area contributed by atoms with Crippen molar-refractivity contribution in [1.29, 1.82) is 5.26 Å². The second-order valence-electron chi connectivity index (χ2n) is 8.47. The summed E-state index contributed by atoms with van der Waals surface area (Å²) in [5.41, 5.74) is 3.08. The maximum atomic E-state index is 12.8. The fourth-order valence-corrected chi connectivity index (χ4v) is 4.44. The molecule has 0 atom stereocenters. The average molecular weight is 483 g/mol. The number of amides is 1. The molecule has 1 amide bonds. The number of methoxy groups -OCH3 is 2. The van der Waals surface area contributed by atoms with Crippen LogP contribution in [0.3, 0.4) is 0 Å². The lowest BCUT2D eigenvalue weighted by Gasteiger charge is -2.39. The van der Waals surface area contributed by atoms with Crippen LogP contribution in [0, 0.1) is 11.3 Å². The molecular weight excluding hydrogens is 452 g/mol. The van der Waals surface area contributed by atoms with Crippen molar-refractivity contribution in [2.45, 2.75) is 6.04 Å². The zero-order chi connectivity index (χ0) is 25.3. The largest absolute Gasteiger partial charge is 0.493 e. The lowest BCUT2D eigenvalue weighted by atomic mass is 9.96. The predicted molar refractivity (Wildman–Crippen MR) is 140 cm³/mol. The molecule has 0 bridgehead atoms. The van der Waals surface area contributed by atoms with E-state index in [9.17, 15) is 10.1 Å². The second-order valence-corrected chi connectivity index (χ2v) is 8.47. The molecule has 1 aliphatic rings. The van der Waals surface area contributed by atoms with Crippen LogP contribution in [-0.4, -0.2) is 56.1 Å². The number of nitrogens with one attached hydrogen (secondary N) is 1. The lowest BCUT2D eigenvalue weighted by molar-refractivity contribution is -0.112. The average Bonchev–Trinajstić information content (AvgIpc) is 2.93. The monoisotopic (exact) mass is 482 g/mol. The van der Waals surface area contributed by atoms with Gasteiger partial charge in [0, 0.05) is 44.1 Å². The number of rotatable bonds is 8. The van der Waals surface area contributed by atoms with Gasteiger partial charge in [-0.05, 0) is 23.3 Å². The van der Waals surface area contributed by atoms with Crippen LogP contribution in [0.2, 0.25) is 0 Å². The van der Waals surface area contributed by atoms with Crippen LogP contribution in [0.15, 0.2) is 90.6 Å². The van der Waals surface area contributed by atoms with E-state index < -0.39 is 5.91 Å². The summed E-state index contributed by atoms with van der Waals surface area (Å²) in [6.07, 6.45) is 1.66. The Labute approximate surface area is 212 Å². The van der Waals surface area contributed by atoms with Crippen LogP contribution >= 0.6 is 0 Å². The molecule has 3 aromatic rings. The Balaban J connectivity index is 1.44. The molecule has 1 heterocycles. The number of hydrogen-bond donors (Lipinski definition) is 1. The van der Waals surface area contributed by atoms with Crippen molar-refractivity contribution in [2.75, 3.05) is 45.7 Å². The first-order chi connectivity index (χ1) is 17.6. The Bertz CT molecular complexity index is 1190. The van der Waals surface area contributed by atoms with Crippen LogP contribution in [0.4, 0.5) is 5.69 Å². The molecule has 7 heteroatoms. The quantitative estimate of drug-likeness (QED) is 0.377. The van der Waals surface area contributed by atoms with Crippen LogP contribution in [0.25, 0.3) is 0 Å². The van der Waals surface area contributed by atoms with E-state index >= 15 is 0 Å². The molecule has 1 fully saturated rings. The van der Waals surface area contributed by atoms with Gasteiger partial charge in [0.15, 0.2) is 11.5 Å². The minimum Gasteiger partial charge on any atom is -0.493 e. The van der Waals surface area contributed by atoms with Crippen LogP contribution in [0.1, 0.15) is 17.2 Å². The molecule has 3 aromatic carbocycles. The van der Waals surface area contributed by atoms with Gasteiger partial charge in [-0.15, -0.1) is 0 Å². The number of benzene rings is 3. The number of nitriles is 1. The highest BCUT2D eigenvalue weighted by Crippen LogP contribution is 2.31. The first-order valence-electron chi connectivity index (χ1n) is 11.9. The molecular formula is C29H30N4O3. The van der Waals surface area contributed by atoms with E-state index in [-0.39, 0.29) is 11.6 Å². The molecule has 1 N–H and O–H groups in total. The third-order valence-electron chi connectivity index (χ3n) is 6.26. The molecule has 0 aliphatic carbocycles. The van der Waals surface area contributed by atoms with Gasteiger partial charge >= 0.3 is 0 Å². The van der Waals surface area contributed by atoms with E-state index in [2.05, 4.69) is 58.7 Å². The maximum Gasteiger partial charge on any atom is 0.267 e. The molecule has 0 aromatic heterocycles. The van der Waals surface area contributed by atoms with Crippen molar-refractivity contribution in [1.82, 2.24) is 9.80 Å². The maximum absolute atomic E-state index is 12.8. The van der Waals surface area contributed by atoms with Gasteiger partial charge in [-0.25, -0.2) is 0 Å². The topological polar surface area (TPSA) is 77.8 Å². The van der Waals surface area contributed by atoms with Crippen molar-refractivity contribution in [3.8, 4) is 17.6 Å². The Hall–Kier alpha value is -4.28. The molecule has 0 radical (unpaired) electrons. The first-order valence-corrected chi connectivity index (χ1v) is 11.9. The molecule has 1 aliphatic heterocycles. The summed E-state index contributed by atoms with van der Waals surface area (Å²) in [6.45, 7) is 3.04. The SMILES string of the molecule is COc1ccc(NC(=O)/C(C#N)=C\N2CCN(C(c3ccccc3)c3ccccc3)CC2)cc1OC. The summed E-state index contributed by atoms with van der Waals surface area (Å²) in [6, 6.07) is 28.3. The number of carbonyl (C=O) groups is 1. The molecule has 1 saturated heterocycles. The standard InChI is InChI=1S/C29H30N4O3/c1-35-26-14-13-25(19-27(26)36-2)31-29(34)24(20-30)21-32-15-17-33(18-16-32)28(22-9-5-3-6-10-22)23-11-7-4-8-12-23/h3-14,19,21,28H,15-18H2,1-2H3,(H,31,34)/b24-21-. The highest BCUT2D eigenvalue weighted by molar-refractivity contribution is 6.06. The number of piperazine rings is 1. The van der Waals surface area contributed by atoms with Crippen LogP contribution < -0.4 is 14.8 Å². The molecule has 7 nitrogen and oxygen atoms in total. The van der Waals surface area contributed by atoms with Gasteiger partial charge in [0.05, 0.1) is 20.3 Å². The van der Waals surface area contributed by atoms with E-state index in [1.807, 2.05) is 23.1 Å². The summed E-state index contributed by atoms with van der Waals surface area (Å²) in [7, 11) is 3.08. The highest BCUT2D eigenvalue weighted by atomic mass is 16.5. The van der Waals surface area contributed by atoms with Gasteiger partial charge in [-0.2, -0.15) is 5.26 Å². The number of carbonyl (C=O) groups excluding carboxylic acids is 1. The minimum absolute atomic E-state index is 0.0564. The molecule has 0 spiro atoms. The van der Waals surface area contributed by atoms with E-state index in [1.54, 1.807) is 31.5 Å². The first kappa shape index (κ1) is 24.8. The zero-order valence-corrected chi connectivity index (χ0v) is 20.6. The van der Waals surface area contributed by atoms with Gasteiger partial charge in [0.2, 0.25) is 0 Å². The fourth-order valence-electron chi connectivity index (χ4n) is 4.44. The van der Waals surface area contributed by atoms with Crippen molar-refractivity contribution in [3.05, 3.63) is 102 Å². The Morgan fingerprint density at radius 2 is 1.47 bits per heavy atom. The van der Waals surface area contributed by atoms with Crippen molar-refractivity contribution >= 4 is 11.6 Å². The smallest absolute Gasteiger partial charge is 0.267 e. The molecule has 0 unspecified atom stereocenters. The van der Waals surface area contributed by atoms with E-state index in [0.717, 1.165) is 13.1 Å². The lowest BCUT2D eigenvalue weighted by Crippen LogP contribution is -2.46. The summed E-state index contributed by atoms with van der Waals surface area (Å²) in [4.78, 5) is 17.3. The molecule has 184 valence electrons. The minimum atomic E-state index is -0.460. The van der Waals surface area contributed by atoms with E-state index in [0.29, 0.717) is 30.3 Å². The molecule has 36 heavy (non-hydrogen) atoms. The molecule has 0 saturated carbocycles. The Morgan fingerprint density at radius 3 is 2.00 bits per heavy atom. The van der Waals surface area contributed by atoms with Gasteiger partial charge in [-0.1, -0.05) is 60.7 Å². The number of nitrogens with zero attached hydrogens (tertiary/aromatic N) is 3. The second kappa shape index (κ2) is 11.9. The van der Waals surface area contributed by atoms with Crippen molar-refractivity contribution in [2.24, 2.45) is 0 Å². The van der Waals surface area contributed by atoms with Crippen LogP contribution in [0.5, 0.6) is 11.5 Å². The summed E-state index contributed by atoms with van der Waals surface area (Å²) >= 11 is 0. The number of hydrogen-bond acceptors (Lipinski definition) is 6. The Kier molecular flexibility index (Phi) is 8.22. The van der Waals surface area contributed by atoms with Gasteiger partial charge in [-0.3, -0.25) is 9.69 Å². The summed E-state index contributed by atoms with van der Waals surface area (Å²) < 4.78 is 10.5. The van der Waals surface area contributed by atoms with Gasteiger partial charge in [0.1, 0.15) is 11.6 Å². The third-order valence-corrected chi connectivity index (χ3v) is 6.26. The van der Waals surface area contributed by atoms with E-state index in [1.165, 1.54) is 18.2 Å². The van der Waals surface area contributed by atoms with Crippen LogP contribution in [-0.2, 0) is 4.79 Å². The Morgan fingerprint density at radius 1 is 0.889 bits per heavy atom. The van der Waals surface area contributed by atoms with Gasteiger partial charge < -0.3 is 19.7 Å². The summed E-state index contributed by atoms with van der Waals surface area (Å²) in [5, 5.41) is 12.4. The number of anilines is 1. The fraction of sp³-hybridized carbons (Fsp3) is 0.241. The zero-order valence-electron chi connectivity index (χ0n) is 20.6. The normalized spacial score (nSPS) is 14.3.